The van der Waals surface area contributed by atoms with Crippen LogP contribution in [-0.2, 0) is 0 Å². The van der Waals surface area contributed by atoms with Gasteiger partial charge in [0.15, 0.2) is 0 Å². The minimum absolute atomic E-state index is 0.0790. The summed E-state index contributed by atoms with van der Waals surface area (Å²) in [4.78, 5) is 0. The molecular weight excluding hydrogens is 358 g/mol. The van der Waals surface area contributed by atoms with Gasteiger partial charge in [0.2, 0.25) is 0 Å². The second-order valence-corrected chi connectivity index (χ2v) is 4.66. The lowest BCUT2D eigenvalue weighted by molar-refractivity contribution is -0.428. The highest BCUT2D eigenvalue weighted by Crippen LogP contribution is 2.66. The molecule has 0 aliphatic rings. The van der Waals surface area contributed by atoms with Crippen LogP contribution < -0.4 is 0 Å². The van der Waals surface area contributed by atoms with Crippen LogP contribution in [0.3, 0.4) is 0 Å². The molecule has 0 saturated heterocycles. The average Bonchev–Trinajstić information content (AvgIpc) is 2.23. The highest BCUT2D eigenvalue weighted by molar-refractivity contribution is 6.21. The number of halogens is 11. The van der Waals surface area contributed by atoms with Crippen molar-refractivity contribution in [3.8, 4) is 0 Å². The van der Waals surface area contributed by atoms with E-state index >= 15 is 0 Å². The standard InChI is InChI=1S/C11H5ClF10/c12-7(5-2-1-3-6(13)4-5)8(9(14,15)16,10(17,18)19)11(20,21)22/h1-4,7H. The first-order chi connectivity index (χ1) is 9.66. The van der Waals surface area contributed by atoms with Gasteiger partial charge >= 0.3 is 18.5 Å². The van der Waals surface area contributed by atoms with Crippen molar-refractivity contribution in [3.63, 3.8) is 0 Å². The highest BCUT2D eigenvalue weighted by Gasteiger charge is 2.86. The predicted molar refractivity (Wildman–Crippen MR) is 55.6 cm³/mol. The Morgan fingerprint density at radius 1 is 0.773 bits per heavy atom. The molecule has 0 aliphatic heterocycles. The van der Waals surface area contributed by atoms with E-state index in [1.165, 1.54) is 0 Å². The van der Waals surface area contributed by atoms with Crippen molar-refractivity contribution < 1.29 is 43.9 Å². The van der Waals surface area contributed by atoms with Crippen molar-refractivity contribution in [2.45, 2.75) is 23.9 Å². The van der Waals surface area contributed by atoms with Crippen LogP contribution in [0.4, 0.5) is 43.9 Å². The van der Waals surface area contributed by atoms with E-state index in [0.29, 0.717) is 18.2 Å². The fraction of sp³-hybridized carbons (Fsp3) is 0.455. The third-order valence-corrected chi connectivity index (χ3v) is 3.44. The fourth-order valence-corrected chi connectivity index (χ4v) is 2.33. The van der Waals surface area contributed by atoms with E-state index in [1.54, 1.807) is 0 Å². The highest BCUT2D eigenvalue weighted by atomic mass is 35.5. The molecule has 1 atom stereocenters. The average molecular weight is 363 g/mol. The van der Waals surface area contributed by atoms with Crippen LogP contribution in [0, 0.1) is 11.2 Å². The molecule has 0 N–H and O–H groups in total. The Balaban J connectivity index is 3.71. The predicted octanol–water partition coefficient (Wildman–Crippen LogP) is 5.78. The summed E-state index contributed by atoms with van der Waals surface area (Å²) in [7, 11) is 0. The number of rotatable bonds is 2. The van der Waals surface area contributed by atoms with Gasteiger partial charge in [0.25, 0.3) is 5.41 Å². The molecule has 0 nitrogen and oxygen atoms in total. The summed E-state index contributed by atoms with van der Waals surface area (Å²) in [6.45, 7) is 0. The molecule has 0 spiro atoms. The number of alkyl halides is 10. The summed E-state index contributed by atoms with van der Waals surface area (Å²) in [6, 6.07) is 1.80. The Morgan fingerprint density at radius 3 is 1.50 bits per heavy atom. The molecule has 0 amide bonds. The Kier molecular flexibility index (Phi) is 4.69. The van der Waals surface area contributed by atoms with Gasteiger partial charge in [0, 0.05) is 0 Å². The van der Waals surface area contributed by atoms with Crippen molar-refractivity contribution in [3.05, 3.63) is 35.6 Å². The molecule has 11 heteroatoms. The Bertz CT molecular complexity index is 491. The molecule has 0 aromatic heterocycles. The van der Waals surface area contributed by atoms with E-state index in [9.17, 15) is 43.9 Å². The number of hydrogen-bond acceptors (Lipinski definition) is 0. The lowest BCUT2D eigenvalue weighted by Crippen LogP contribution is -2.61. The second-order valence-electron chi connectivity index (χ2n) is 4.22. The van der Waals surface area contributed by atoms with Crippen molar-refractivity contribution in [1.82, 2.24) is 0 Å². The topological polar surface area (TPSA) is 0 Å². The quantitative estimate of drug-likeness (QED) is 0.462. The molecule has 1 unspecified atom stereocenters. The zero-order valence-corrected chi connectivity index (χ0v) is 10.8. The molecule has 0 aliphatic carbocycles. The smallest absolute Gasteiger partial charge is 0.207 e. The molecule has 22 heavy (non-hydrogen) atoms. The van der Waals surface area contributed by atoms with Crippen LogP contribution in [-0.4, -0.2) is 18.5 Å². The third kappa shape index (κ3) is 2.84. The van der Waals surface area contributed by atoms with E-state index in [4.69, 9.17) is 11.6 Å². The van der Waals surface area contributed by atoms with Gasteiger partial charge in [-0.1, -0.05) is 12.1 Å². The van der Waals surface area contributed by atoms with E-state index in [-0.39, 0.29) is 6.07 Å². The van der Waals surface area contributed by atoms with Crippen LogP contribution in [0.5, 0.6) is 0 Å². The van der Waals surface area contributed by atoms with Crippen LogP contribution >= 0.6 is 11.6 Å². The fourth-order valence-electron chi connectivity index (χ4n) is 1.83. The van der Waals surface area contributed by atoms with Crippen molar-refractivity contribution in [2.75, 3.05) is 0 Å². The largest absolute Gasteiger partial charge is 0.413 e. The molecule has 1 aromatic rings. The summed E-state index contributed by atoms with van der Waals surface area (Å²) in [5.74, 6) is -1.33. The molecular formula is C11H5ClF10. The van der Waals surface area contributed by atoms with E-state index in [1.807, 2.05) is 0 Å². The van der Waals surface area contributed by atoms with E-state index < -0.39 is 40.7 Å². The van der Waals surface area contributed by atoms with Gasteiger partial charge in [-0.15, -0.1) is 11.6 Å². The van der Waals surface area contributed by atoms with Crippen LogP contribution in [0.1, 0.15) is 10.9 Å². The molecule has 1 rings (SSSR count). The third-order valence-electron chi connectivity index (χ3n) is 2.86. The maximum Gasteiger partial charge on any atom is 0.413 e. The maximum absolute atomic E-state index is 12.9. The molecule has 0 fully saturated rings. The first-order valence-corrected chi connectivity index (χ1v) is 5.69. The van der Waals surface area contributed by atoms with Gasteiger partial charge in [-0.05, 0) is 17.7 Å². The first-order valence-electron chi connectivity index (χ1n) is 5.26. The zero-order chi connectivity index (χ0) is 17.6. The lowest BCUT2D eigenvalue weighted by Gasteiger charge is -2.41. The van der Waals surface area contributed by atoms with Gasteiger partial charge in [0.05, 0.1) is 5.38 Å². The Morgan fingerprint density at radius 2 is 1.18 bits per heavy atom. The summed E-state index contributed by atoms with van der Waals surface area (Å²) in [6.07, 6.45) is -20.4. The van der Waals surface area contributed by atoms with Gasteiger partial charge < -0.3 is 0 Å². The van der Waals surface area contributed by atoms with Crippen LogP contribution in [0.25, 0.3) is 0 Å². The molecule has 126 valence electrons. The van der Waals surface area contributed by atoms with E-state index in [2.05, 4.69) is 0 Å². The Labute approximate surface area is 121 Å². The number of hydrogen-bond donors (Lipinski definition) is 0. The van der Waals surface area contributed by atoms with Gasteiger partial charge in [-0.2, -0.15) is 39.5 Å². The minimum atomic E-state index is -6.80. The first kappa shape index (κ1) is 18.9. The second kappa shape index (κ2) is 5.47. The van der Waals surface area contributed by atoms with E-state index in [0.717, 1.165) is 0 Å². The Hall–Kier alpha value is -1.19. The van der Waals surface area contributed by atoms with Gasteiger partial charge in [0.1, 0.15) is 5.82 Å². The maximum atomic E-state index is 12.9. The van der Waals surface area contributed by atoms with Crippen LogP contribution in [0.15, 0.2) is 24.3 Å². The van der Waals surface area contributed by atoms with Crippen molar-refractivity contribution >= 4 is 11.6 Å². The minimum Gasteiger partial charge on any atom is -0.207 e. The van der Waals surface area contributed by atoms with Gasteiger partial charge in [-0.25, -0.2) is 4.39 Å². The molecule has 0 bridgehead atoms. The summed E-state index contributed by atoms with van der Waals surface area (Å²) in [5.41, 5.74) is -7.53. The monoisotopic (exact) mass is 362 g/mol. The summed E-state index contributed by atoms with van der Waals surface area (Å²) >= 11 is 4.93. The summed E-state index contributed by atoms with van der Waals surface area (Å²) < 4.78 is 128. The van der Waals surface area contributed by atoms with Crippen LogP contribution in [0.2, 0.25) is 0 Å². The van der Waals surface area contributed by atoms with Gasteiger partial charge in [-0.3, -0.25) is 0 Å². The lowest BCUT2D eigenvalue weighted by atomic mass is 9.78. The van der Waals surface area contributed by atoms with Crippen molar-refractivity contribution in [2.24, 2.45) is 5.41 Å². The molecule has 0 radical (unpaired) electrons. The normalized spacial score (nSPS) is 15.8. The number of benzene rings is 1. The molecule has 1 aromatic carbocycles. The van der Waals surface area contributed by atoms with Crippen molar-refractivity contribution in [1.29, 1.82) is 0 Å². The zero-order valence-electron chi connectivity index (χ0n) is 10.0. The molecule has 0 heterocycles. The SMILES string of the molecule is Fc1cccc(C(Cl)C(C(F)(F)F)(C(F)(F)F)C(F)(F)F)c1. The summed E-state index contributed by atoms with van der Waals surface area (Å²) in [5, 5.41) is -3.65. The molecule has 0 saturated carbocycles.